The van der Waals surface area contributed by atoms with Crippen molar-refractivity contribution < 1.29 is 45.0 Å². The lowest BCUT2D eigenvalue weighted by molar-refractivity contribution is 0.0683. The molecule has 16 heteroatoms. The summed E-state index contributed by atoms with van der Waals surface area (Å²) in [5, 5.41) is 13.3. The number of rotatable bonds is 3. The van der Waals surface area contributed by atoms with Gasteiger partial charge in [0, 0.05) is 9.82 Å². The third kappa shape index (κ3) is 4.63. The van der Waals surface area contributed by atoms with Gasteiger partial charge in [-0.1, -0.05) is 10.2 Å². The number of carboxylic acids is 1. The Hall–Kier alpha value is -4.03. The quantitative estimate of drug-likeness (QED) is 0.159. The maximum Gasteiger partial charge on any atom is 0.341 e. The van der Waals surface area contributed by atoms with Crippen molar-refractivity contribution in [1.29, 1.82) is 0 Å². The molecule has 0 amide bonds. The van der Waals surface area contributed by atoms with E-state index in [2.05, 4.69) is 15.1 Å². The van der Waals surface area contributed by atoms with Crippen molar-refractivity contribution in [2.45, 2.75) is 0 Å². The lowest BCUT2D eigenvalue weighted by Crippen LogP contribution is -2.09. The van der Waals surface area contributed by atoms with Crippen molar-refractivity contribution >= 4 is 17.3 Å². The van der Waals surface area contributed by atoms with E-state index in [1.165, 1.54) is 0 Å². The standard InChI is InChI=1S/C7HF4N3O2.C6HF4N3/c8-2-1(7(15)16)3(9)5(11)6(4(2)10)13-14-12;7-2-1-3(12-13-11)5(9)6(10)4(2)8/h(H,15,16);1H. The number of carboxylic acid groups (broad SMARTS) is 1. The van der Waals surface area contributed by atoms with E-state index in [0.717, 1.165) is 0 Å². The van der Waals surface area contributed by atoms with Crippen LogP contribution in [0.5, 0.6) is 0 Å². The van der Waals surface area contributed by atoms with Crippen LogP contribution in [0, 0.1) is 46.5 Å². The molecule has 2 rings (SSSR count). The van der Waals surface area contributed by atoms with Crippen LogP contribution in [0.25, 0.3) is 20.9 Å². The fourth-order valence-electron chi connectivity index (χ4n) is 1.62. The van der Waals surface area contributed by atoms with E-state index in [9.17, 15) is 39.9 Å². The average molecular weight is 426 g/mol. The zero-order valence-electron chi connectivity index (χ0n) is 13.1. The van der Waals surface area contributed by atoms with E-state index >= 15 is 0 Å². The van der Waals surface area contributed by atoms with E-state index in [1.54, 1.807) is 0 Å². The van der Waals surface area contributed by atoms with E-state index in [4.69, 9.17) is 16.2 Å². The number of carbonyl (C=O) groups is 1. The molecule has 0 aliphatic carbocycles. The minimum absolute atomic E-state index is 0.271. The van der Waals surface area contributed by atoms with Crippen molar-refractivity contribution in [1.82, 2.24) is 0 Å². The number of hydrogen-bond donors (Lipinski definition) is 1. The van der Waals surface area contributed by atoms with Gasteiger partial charge in [0.1, 0.15) is 11.3 Å². The second kappa shape index (κ2) is 9.25. The number of halogens is 8. The highest BCUT2D eigenvalue weighted by Crippen LogP contribution is 2.30. The number of hydrogen-bond acceptors (Lipinski definition) is 3. The molecular weight excluding hydrogens is 424 g/mol. The van der Waals surface area contributed by atoms with Crippen molar-refractivity contribution in [2.75, 3.05) is 0 Å². The normalized spacial score (nSPS) is 9.66. The van der Waals surface area contributed by atoms with Crippen LogP contribution in [-0.4, -0.2) is 11.1 Å². The van der Waals surface area contributed by atoms with Gasteiger partial charge in [0.05, 0.1) is 5.69 Å². The van der Waals surface area contributed by atoms with Crippen LogP contribution < -0.4 is 0 Å². The minimum atomic E-state index is -2.18. The minimum Gasteiger partial charge on any atom is -0.477 e. The Labute approximate surface area is 152 Å². The molecule has 0 aliphatic rings. The van der Waals surface area contributed by atoms with Gasteiger partial charge in [0.15, 0.2) is 46.5 Å². The molecule has 0 saturated heterocycles. The molecule has 2 aromatic rings. The summed E-state index contributed by atoms with van der Waals surface area (Å²) < 4.78 is 101. The van der Waals surface area contributed by atoms with Gasteiger partial charge < -0.3 is 5.11 Å². The predicted octanol–water partition coefficient (Wildman–Crippen LogP) is 6.07. The van der Waals surface area contributed by atoms with E-state index in [1.807, 2.05) is 4.91 Å². The first-order valence-corrected chi connectivity index (χ1v) is 6.51. The topological polar surface area (TPSA) is 135 Å². The Morgan fingerprint density at radius 2 is 1.24 bits per heavy atom. The lowest BCUT2D eigenvalue weighted by Gasteiger charge is -2.05. The summed E-state index contributed by atoms with van der Waals surface area (Å²) in [6.07, 6.45) is 0. The monoisotopic (exact) mass is 426 g/mol. The van der Waals surface area contributed by atoms with Gasteiger partial charge in [-0.25, -0.2) is 39.9 Å². The molecule has 0 radical (unpaired) electrons. The number of benzene rings is 2. The molecule has 1 N–H and O–H groups in total. The Balaban J connectivity index is 0.000000296. The molecule has 29 heavy (non-hydrogen) atoms. The summed E-state index contributed by atoms with van der Waals surface area (Å²) in [5.74, 6) is -17.8. The van der Waals surface area contributed by atoms with Crippen molar-refractivity contribution in [3.05, 3.63) is 79.1 Å². The first-order valence-electron chi connectivity index (χ1n) is 6.51. The largest absolute Gasteiger partial charge is 0.477 e. The molecule has 0 bridgehead atoms. The second-order valence-electron chi connectivity index (χ2n) is 4.48. The number of azide groups is 2. The molecule has 0 fully saturated rings. The summed E-state index contributed by atoms with van der Waals surface area (Å²) in [5.41, 5.74) is 11.5. The molecule has 0 saturated carbocycles. The summed E-state index contributed by atoms with van der Waals surface area (Å²) in [7, 11) is 0. The van der Waals surface area contributed by atoms with Crippen LogP contribution in [0.1, 0.15) is 10.4 Å². The Bertz CT molecular complexity index is 1030. The number of nitrogens with zero attached hydrogens (tertiary/aromatic N) is 6. The van der Waals surface area contributed by atoms with Crippen molar-refractivity contribution in [2.24, 2.45) is 10.2 Å². The molecule has 0 spiro atoms. The van der Waals surface area contributed by atoms with Crippen LogP contribution in [0.4, 0.5) is 46.5 Å². The zero-order chi connectivity index (χ0) is 22.5. The predicted molar refractivity (Wildman–Crippen MR) is 77.1 cm³/mol. The zero-order valence-corrected chi connectivity index (χ0v) is 13.1. The molecule has 0 aromatic heterocycles. The Kier molecular flexibility index (Phi) is 7.34. The van der Waals surface area contributed by atoms with Crippen LogP contribution in [-0.2, 0) is 0 Å². The van der Waals surface area contributed by atoms with E-state index in [-0.39, 0.29) is 6.07 Å². The maximum absolute atomic E-state index is 12.9. The maximum atomic E-state index is 12.9. The van der Waals surface area contributed by atoms with Gasteiger partial charge in [0.2, 0.25) is 0 Å². The SMILES string of the molecule is [N-]=[N+]=Nc1c(F)c(F)c(C(=O)O)c(F)c1F.[N-]=[N+]=Nc1cc(F)c(F)c(F)c1F. The van der Waals surface area contributed by atoms with Crippen molar-refractivity contribution in [3.63, 3.8) is 0 Å². The summed E-state index contributed by atoms with van der Waals surface area (Å²) in [4.78, 5) is 14.4. The van der Waals surface area contributed by atoms with Crippen LogP contribution in [0.15, 0.2) is 16.3 Å². The Morgan fingerprint density at radius 3 is 1.66 bits per heavy atom. The first kappa shape index (κ1) is 23.0. The summed E-state index contributed by atoms with van der Waals surface area (Å²) in [6, 6.07) is 0.271. The molecule has 8 nitrogen and oxygen atoms in total. The highest BCUT2D eigenvalue weighted by atomic mass is 19.2. The molecule has 0 unspecified atom stereocenters. The smallest absolute Gasteiger partial charge is 0.341 e. The number of aromatic carboxylic acids is 1. The fraction of sp³-hybridized carbons (Fsp3) is 0. The second-order valence-corrected chi connectivity index (χ2v) is 4.48. The van der Waals surface area contributed by atoms with Gasteiger partial charge in [-0.15, -0.1) is 0 Å². The van der Waals surface area contributed by atoms with Gasteiger partial charge in [-0.2, -0.15) is 0 Å². The van der Waals surface area contributed by atoms with E-state index < -0.39 is 69.4 Å². The van der Waals surface area contributed by atoms with Crippen LogP contribution in [0.2, 0.25) is 0 Å². The van der Waals surface area contributed by atoms with Gasteiger partial charge in [0.25, 0.3) is 0 Å². The third-order valence-corrected chi connectivity index (χ3v) is 2.83. The highest BCUT2D eigenvalue weighted by Gasteiger charge is 2.28. The van der Waals surface area contributed by atoms with Gasteiger partial charge in [-0.05, 0) is 17.1 Å². The highest BCUT2D eigenvalue weighted by molar-refractivity contribution is 5.88. The molecule has 0 heterocycles. The third-order valence-electron chi connectivity index (χ3n) is 2.83. The average Bonchev–Trinajstić information content (AvgIpc) is 2.67. The van der Waals surface area contributed by atoms with Gasteiger partial charge >= 0.3 is 5.97 Å². The van der Waals surface area contributed by atoms with Crippen LogP contribution >= 0.6 is 0 Å². The van der Waals surface area contributed by atoms with Crippen molar-refractivity contribution in [3.8, 4) is 0 Å². The Morgan fingerprint density at radius 1 is 0.759 bits per heavy atom. The first-order chi connectivity index (χ1) is 13.5. The summed E-state index contributed by atoms with van der Waals surface area (Å²) >= 11 is 0. The molecule has 2 aromatic carbocycles. The van der Waals surface area contributed by atoms with Crippen LogP contribution in [0.3, 0.4) is 0 Å². The lowest BCUT2D eigenvalue weighted by atomic mass is 10.1. The summed E-state index contributed by atoms with van der Waals surface area (Å²) in [6.45, 7) is 0. The van der Waals surface area contributed by atoms with Gasteiger partial charge in [-0.3, -0.25) is 0 Å². The molecule has 0 aliphatic heterocycles. The van der Waals surface area contributed by atoms with E-state index in [0.29, 0.717) is 0 Å². The fourth-order valence-corrected chi connectivity index (χ4v) is 1.62. The molecule has 0 atom stereocenters. The molecule has 152 valence electrons. The molecular formula is C13H2F8N6O2.